The SMILES string of the molecule is CC(=O)O[C@H]1CC[C@@]2(C)C(=CC[C@@H]3[C@@H]4CC[C@@H]([C@@](C)(O)[C@H]5CC(C(C)C)=NO5)[C@@]4(C)CC[C@@H]32)C1. The van der Waals surface area contributed by atoms with Crippen molar-refractivity contribution in [2.75, 3.05) is 0 Å². The number of aliphatic hydroxyl groups is 1. The number of hydrogen-bond acceptors (Lipinski definition) is 5. The molecular weight excluding hydrogens is 426 g/mol. The quantitative estimate of drug-likeness (QED) is 0.400. The van der Waals surface area contributed by atoms with Gasteiger partial charge in [-0.15, -0.1) is 0 Å². The van der Waals surface area contributed by atoms with Gasteiger partial charge in [0, 0.05) is 19.8 Å². The van der Waals surface area contributed by atoms with E-state index in [0.29, 0.717) is 23.7 Å². The van der Waals surface area contributed by atoms with Gasteiger partial charge in [-0.1, -0.05) is 44.5 Å². The highest BCUT2D eigenvalue weighted by Gasteiger charge is 2.63. The van der Waals surface area contributed by atoms with Crippen molar-refractivity contribution in [1.82, 2.24) is 0 Å². The lowest BCUT2D eigenvalue weighted by Gasteiger charge is -2.59. The molecule has 3 fully saturated rings. The van der Waals surface area contributed by atoms with Crippen LogP contribution in [0.15, 0.2) is 16.8 Å². The van der Waals surface area contributed by atoms with Crippen LogP contribution >= 0.6 is 0 Å². The Balaban J connectivity index is 1.35. The normalized spacial score (nSPS) is 45.3. The first-order valence-electron chi connectivity index (χ1n) is 13.8. The molecule has 1 N–H and O–H groups in total. The van der Waals surface area contributed by atoms with E-state index in [4.69, 9.17) is 9.57 Å². The van der Waals surface area contributed by atoms with Crippen LogP contribution in [0.5, 0.6) is 0 Å². The summed E-state index contributed by atoms with van der Waals surface area (Å²) in [5, 5.41) is 16.2. The van der Waals surface area contributed by atoms with Crippen LogP contribution < -0.4 is 0 Å². The zero-order valence-corrected chi connectivity index (χ0v) is 22.1. The Morgan fingerprint density at radius 1 is 1.18 bits per heavy atom. The Morgan fingerprint density at radius 2 is 1.94 bits per heavy atom. The molecule has 5 nitrogen and oxygen atoms in total. The minimum Gasteiger partial charge on any atom is -0.462 e. The summed E-state index contributed by atoms with van der Waals surface area (Å²) in [6.07, 6.45) is 11.9. The molecule has 1 heterocycles. The topological polar surface area (TPSA) is 68.1 Å². The van der Waals surface area contributed by atoms with Crippen LogP contribution in [0.3, 0.4) is 0 Å². The van der Waals surface area contributed by atoms with E-state index in [0.717, 1.165) is 44.2 Å². The van der Waals surface area contributed by atoms with Crippen LogP contribution in [0, 0.1) is 40.4 Å². The predicted octanol–water partition coefficient (Wildman–Crippen LogP) is 6.05. The fourth-order valence-corrected chi connectivity index (χ4v) is 9.20. The maximum atomic E-state index is 11.9. The molecule has 4 aliphatic carbocycles. The summed E-state index contributed by atoms with van der Waals surface area (Å²) in [4.78, 5) is 17.4. The number of hydrogen-bond donors (Lipinski definition) is 1. The number of rotatable bonds is 4. The molecule has 1 aliphatic heterocycles. The molecule has 0 radical (unpaired) electrons. The Morgan fingerprint density at radius 3 is 2.62 bits per heavy atom. The molecule has 9 atom stereocenters. The van der Waals surface area contributed by atoms with Crippen molar-refractivity contribution >= 4 is 11.7 Å². The number of oxime groups is 1. The summed E-state index contributed by atoms with van der Waals surface area (Å²) < 4.78 is 5.60. The molecule has 0 amide bonds. The van der Waals surface area contributed by atoms with Gasteiger partial charge in [0.1, 0.15) is 11.7 Å². The van der Waals surface area contributed by atoms with E-state index < -0.39 is 5.60 Å². The minimum atomic E-state index is -0.863. The number of carbonyl (C=O) groups is 1. The van der Waals surface area contributed by atoms with Crippen LogP contribution in [0.2, 0.25) is 0 Å². The summed E-state index contributed by atoms with van der Waals surface area (Å²) in [6, 6.07) is 0. The number of esters is 1. The van der Waals surface area contributed by atoms with Crippen molar-refractivity contribution < 1.29 is 19.5 Å². The molecule has 0 spiro atoms. The van der Waals surface area contributed by atoms with Crippen LogP contribution in [-0.2, 0) is 14.4 Å². The van der Waals surface area contributed by atoms with Crippen LogP contribution in [0.4, 0.5) is 0 Å². The van der Waals surface area contributed by atoms with Gasteiger partial charge in [-0.05, 0) is 92.3 Å². The van der Waals surface area contributed by atoms with E-state index in [1.54, 1.807) is 0 Å². The first-order chi connectivity index (χ1) is 16.0. The summed E-state index contributed by atoms with van der Waals surface area (Å²) >= 11 is 0. The average molecular weight is 472 g/mol. The third-order valence-corrected chi connectivity index (χ3v) is 11.1. The molecule has 0 saturated heterocycles. The molecule has 5 heteroatoms. The zero-order chi connectivity index (χ0) is 24.5. The highest BCUT2D eigenvalue weighted by atomic mass is 16.7. The summed E-state index contributed by atoms with van der Waals surface area (Å²) in [6.45, 7) is 12.8. The molecule has 5 rings (SSSR count). The Hall–Kier alpha value is -1.36. The Bertz CT molecular complexity index is 891. The molecule has 190 valence electrons. The van der Waals surface area contributed by atoms with Gasteiger partial charge in [0.05, 0.1) is 5.71 Å². The van der Waals surface area contributed by atoms with Gasteiger partial charge in [0.2, 0.25) is 0 Å². The Labute approximate surface area is 205 Å². The maximum absolute atomic E-state index is 11.9. The van der Waals surface area contributed by atoms with Gasteiger partial charge >= 0.3 is 5.97 Å². The van der Waals surface area contributed by atoms with Crippen molar-refractivity contribution in [3.05, 3.63) is 11.6 Å². The molecule has 34 heavy (non-hydrogen) atoms. The molecule has 0 aromatic heterocycles. The van der Waals surface area contributed by atoms with Crippen molar-refractivity contribution in [1.29, 1.82) is 0 Å². The fourth-order valence-electron chi connectivity index (χ4n) is 9.20. The number of fused-ring (bicyclic) bond motifs is 5. The van der Waals surface area contributed by atoms with Crippen molar-refractivity contribution in [3.63, 3.8) is 0 Å². The van der Waals surface area contributed by atoms with E-state index in [-0.39, 0.29) is 34.9 Å². The summed E-state index contributed by atoms with van der Waals surface area (Å²) in [7, 11) is 0. The monoisotopic (exact) mass is 471 g/mol. The second-order valence-corrected chi connectivity index (χ2v) is 13.2. The van der Waals surface area contributed by atoms with E-state index in [2.05, 4.69) is 38.9 Å². The van der Waals surface area contributed by atoms with Gasteiger partial charge in [0.25, 0.3) is 0 Å². The third kappa shape index (κ3) is 3.67. The number of carbonyl (C=O) groups excluding carboxylic acids is 1. The third-order valence-electron chi connectivity index (χ3n) is 11.1. The minimum absolute atomic E-state index is 0.0533. The van der Waals surface area contributed by atoms with Crippen molar-refractivity contribution in [3.8, 4) is 0 Å². The number of nitrogens with zero attached hydrogens (tertiary/aromatic N) is 1. The van der Waals surface area contributed by atoms with Crippen LogP contribution in [0.1, 0.15) is 99.3 Å². The average Bonchev–Trinajstić information content (AvgIpc) is 3.39. The Kier molecular flexibility index (Phi) is 5.98. The number of allylic oxidation sites excluding steroid dienone is 1. The maximum Gasteiger partial charge on any atom is 0.302 e. The largest absolute Gasteiger partial charge is 0.462 e. The van der Waals surface area contributed by atoms with Crippen molar-refractivity contribution in [2.24, 2.45) is 45.6 Å². The van der Waals surface area contributed by atoms with E-state index in [1.807, 2.05) is 6.92 Å². The second kappa shape index (κ2) is 8.35. The zero-order valence-electron chi connectivity index (χ0n) is 22.1. The molecule has 0 unspecified atom stereocenters. The van der Waals surface area contributed by atoms with E-state index >= 15 is 0 Å². The van der Waals surface area contributed by atoms with Gasteiger partial charge in [-0.25, -0.2) is 0 Å². The summed E-state index contributed by atoms with van der Waals surface area (Å²) in [5.74, 6) is 2.49. The summed E-state index contributed by atoms with van der Waals surface area (Å²) in [5.41, 5.74) is 2.13. The molecule has 0 aromatic carbocycles. The highest BCUT2D eigenvalue weighted by molar-refractivity contribution is 5.87. The molecule has 0 aromatic rings. The van der Waals surface area contributed by atoms with Gasteiger partial charge in [-0.3, -0.25) is 4.79 Å². The highest BCUT2D eigenvalue weighted by Crippen LogP contribution is 2.68. The smallest absolute Gasteiger partial charge is 0.302 e. The standard InChI is InChI=1S/C29H45NO4/c1-17(2)24-16-26(34-30-24)29(6,32)25-10-9-22-21-8-7-19-15-20(33-18(3)31)11-13-27(19,4)23(21)12-14-28(22,25)5/h7,17,20-23,25-26,32H,8-16H2,1-6H3/t20-,21+,22-,23-,25+,26+,27-,28-,29+/m0/s1. The van der Waals surface area contributed by atoms with Crippen LogP contribution in [0.25, 0.3) is 0 Å². The number of ether oxygens (including phenoxy) is 1. The molecule has 5 aliphatic rings. The van der Waals surface area contributed by atoms with Crippen LogP contribution in [-0.4, -0.2) is 34.6 Å². The van der Waals surface area contributed by atoms with Crippen molar-refractivity contribution in [2.45, 2.75) is 117 Å². The predicted molar refractivity (Wildman–Crippen MR) is 133 cm³/mol. The first kappa shape index (κ1) is 24.3. The molecule has 3 saturated carbocycles. The van der Waals surface area contributed by atoms with E-state index in [1.165, 1.54) is 31.8 Å². The van der Waals surface area contributed by atoms with Gasteiger partial charge in [-0.2, -0.15) is 0 Å². The van der Waals surface area contributed by atoms with E-state index in [9.17, 15) is 9.90 Å². The molecule has 0 bridgehead atoms. The second-order valence-electron chi connectivity index (χ2n) is 13.2. The lowest BCUT2D eigenvalue weighted by Crippen LogP contribution is -2.55. The lowest BCUT2D eigenvalue weighted by molar-refractivity contribution is -0.159. The van der Waals surface area contributed by atoms with Gasteiger partial charge < -0.3 is 14.7 Å². The lowest BCUT2D eigenvalue weighted by atomic mass is 9.46. The molecular formula is C29H45NO4. The first-order valence-corrected chi connectivity index (χ1v) is 13.8. The fraction of sp³-hybridized carbons (Fsp3) is 0.862. The van der Waals surface area contributed by atoms with Gasteiger partial charge in [0.15, 0.2) is 6.10 Å².